The third-order valence-corrected chi connectivity index (χ3v) is 4.28. The van der Waals surface area contributed by atoms with Crippen molar-refractivity contribution in [3.63, 3.8) is 0 Å². The second-order valence-corrected chi connectivity index (χ2v) is 6.12. The number of amides is 1. The van der Waals surface area contributed by atoms with Gasteiger partial charge in [0.1, 0.15) is 0 Å². The molecule has 1 amide bonds. The average molecular weight is 353 g/mol. The number of nitrogens with zero attached hydrogens (tertiary/aromatic N) is 1. The van der Waals surface area contributed by atoms with Crippen molar-refractivity contribution in [2.45, 2.75) is 19.4 Å². The van der Waals surface area contributed by atoms with Crippen molar-refractivity contribution in [2.24, 2.45) is 11.7 Å². The molecule has 0 saturated carbocycles. The quantitative estimate of drug-likeness (QED) is 0.879. The van der Waals surface area contributed by atoms with Gasteiger partial charge in [0, 0.05) is 19.1 Å². The van der Waals surface area contributed by atoms with Gasteiger partial charge in [-0.15, -0.1) is 12.4 Å². The summed E-state index contributed by atoms with van der Waals surface area (Å²) >= 11 is 12.1. The van der Waals surface area contributed by atoms with E-state index in [9.17, 15) is 4.79 Å². The number of hydrogen-bond donors (Lipinski definition) is 2. The molecular weight excluding hydrogens is 333 g/mol. The molecule has 0 aromatic heterocycles. The number of nitrogens with one attached hydrogen (secondary N) is 1. The van der Waals surface area contributed by atoms with Gasteiger partial charge in [-0.3, -0.25) is 9.69 Å². The Morgan fingerprint density at radius 1 is 1.43 bits per heavy atom. The number of carbonyl (C=O) groups is 1. The summed E-state index contributed by atoms with van der Waals surface area (Å²) in [5.41, 5.74) is 6.45. The van der Waals surface area contributed by atoms with E-state index < -0.39 is 0 Å². The van der Waals surface area contributed by atoms with Gasteiger partial charge in [-0.25, -0.2) is 0 Å². The van der Waals surface area contributed by atoms with E-state index in [1.807, 2.05) is 0 Å². The third kappa shape index (κ3) is 5.01. The first-order valence-corrected chi connectivity index (χ1v) is 7.44. The Hall–Kier alpha value is -0.520. The van der Waals surface area contributed by atoms with E-state index in [0.29, 0.717) is 28.2 Å². The van der Waals surface area contributed by atoms with Crippen LogP contribution < -0.4 is 11.1 Å². The molecule has 7 heteroatoms. The molecule has 2 unspecified atom stereocenters. The van der Waals surface area contributed by atoms with Crippen molar-refractivity contribution in [3.05, 3.63) is 28.2 Å². The standard InChI is InChI=1S/C14H19Cl2N3O.ClH/c1-9-7-19(6-5-12(9)17)8-13(20)18-14-10(15)3-2-4-11(14)16;/h2-4,9,12H,5-8,17H2,1H3,(H,18,20);1H. The van der Waals surface area contributed by atoms with Crippen LogP contribution in [0.3, 0.4) is 0 Å². The predicted molar refractivity (Wildman–Crippen MR) is 90.5 cm³/mol. The maximum atomic E-state index is 12.1. The van der Waals surface area contributed by atoms with Crippen LogP contribution in [0.25, 0.3) is 0 Å². The summed E-state index contributed by atoms with van der Waals surface area (Å²) < 4.78 is 0. The van der Waals surface area contributed by atoms with E-state index in [2.05, 4.69) is 17.1 Å². The number of halogens is 3. The molecule has 0 radical (unpaired) electrons. The van der Waals surface area contributed by atoms with Gasteiger partial charge in [0.2, 0.25) is 5.91 Å². The summed E-state index contributed by atoms with van der Waals surface area (Å²) in [6, 6.07) is 5.37. The summed E-state index contributed by atoms with van der Waals surface area (Å²) in [6.45, 7) is 4.12. The van der Waals surface area contributed by atoms with Crippen molar-refractivity contribution >= 4 is 47.2 Å². The summed E-state index contributed by atoms with van der Waals surface area (Å²) in [6.07, 6.45) is 0.918. The van der Waals surface area contributed by atoms with Gasteiger partial charge in [0.05, 0.1) is 22.3 Å². The van der Waals surface area contributed by atoms with Gasteiger partial charge < -0.3 is 11.1 Å². The minimum atomic E-state index is -0.109. The lowest BCUT2D eigenvalue weighted by Crippen LogP contribution is -2.48. The molecule has 21 heavy (non-hydrogen) atoms. The number of likely N-dealkylation sites (tertiary alicyclic amines) is 1. The van der Waals surface area contributed by atoms with E-state index in [1.54, 1.807) is 18.2 Å². The van der Waals surface area contributed by atoms with Gasteiger partial charge in [-0.2, -0.15) is 0 Å². The van der Waals surface area contributed by atoms with E-state index in [1.165, 1.54) is 0 Å². The van der Waals surface area contributed by atoms with Crippen LogP contribution in [0.2, 0.25) is 10.0 Å². The molecule has 1 aromatic rings. The first-order valence-electron chi connectivity index (χ1n) is 6.69. The predicted octanol–water partition coefficient (Wildman–Crippen LogP) is 3.02. The molecule has 3 N–H and O–H groups in total. The van der Waals surface area contributed by atoms with Gasteiger partial charge in [0.25, 0.3) is 0 Å². The minimum absolute atomic E-state index is 0. The Labute approximate surface area is 141 Å². The molecule has 1 aliphatic rings. The van der Waals surface area contributed by atoms with E-state index in [0.717, 1.165) is 19.5 Å². The Morgan fingerprint density at radius 3 is 2.62 bits per heavy atom. The van der Waals surface area contributed by atoms with E-state index in [4.69, 9.17) is 28.9 Å². The van der Waals surface area contributed by atoms with Crippen LogP contribution in [0.1, 0.15) is 13.3 Å². The lowest BCUT2D eigenvalue weighted by atomic mass is 9.95. The van der Waals surface area contributed by atoms with Crippen LogP contribution in [-0.2, 0) is 4.79 Å². The lowest BCUT2D eigenvalue weighted by molar-refractivity contribution is -0.117. The van der Waals surface area contributed by atoms with Crippen molar-refractivity contribution in [1.82, 2.24) is 4.90 Å². The highest BCUT2D eigenvalue weighted by Crippen LogP contribution is 2.29. The van der Waals surface area contributed by atoms with Crippen LogP contribution in [0.5, 0.6) is 0 Å². The van der Waals surface area contributed by atoms with Crippen LogP contribution in [0.4, 0.5) is 5.69 Å². The number of piperidine rings is 1. The SMILES string of the molecule is CC1CN(CC(=O)Nc2c(Cl)cccc2Cl)CCC1N.Cl. The van der Waals surface area contributed by atoms with Crippen molar-refractivity contribution < 1.29 is 4.79 Å². The van der Waals surface area contributed by atoms with Crippen LogP contribution in [-0.4, -0.2) is 36.5 Å². The fourth-order valence-corrected chi connectivity index (χ4v) is 2.88. The van der Waals surface area contributed by atoms with Crippen LogP contribution in [0.15, 0.2) is 18.2 Å². The zero-order valence-corrected chi connectivity index (χ0v) is 14.1. The Morgan fingerprint density at radius 2 is 2.05 bits per heavy atom. The number of carbonyl (C=O) groups excluding carboxylic acids is 1. The first kappa shape index (κ1) is 18.5. The highest BCUT2D eigenvalue weighted by molar-refractivity contribution is 6.39. The van der Waals surface area contributed by atoms with E-state index >= 15 is 0 Å². The number of hydrogen-bond acceptors (Lipinski definition) is 3. The lowest BCUT2D eigenvalue weighted by Gasteiger charge is -2.34. The molecule has 0 bridgehead atoms. The molecule has 0 aliphatic carbocycles. The molecule has 4 nitrogen and oxygen atoms in total. The van der Waals surface area contributed by atoms with Gasteiger partial charge in [0.15, 0.2) is 0 Å². The summed E-state index contributed by atoms with van der Waals surface area (Å²) in [7, 11) is 0. The number of nitrogens with two attached hydrogens (primary N) is 1. The fraction of sp³-hybridized carbons (Fsp3) is 0.500. The topological polar surface area (TPSA) is 58.4 Å². The first-order chi connectivity index (χ1) is 9.47. The maximum absolute atomic E-state index is 12.1. The molecule has 1 heterocycles. The highest BCUT2D eigenvalue weighted by Gasteiger charge is 2.24. The zero-order valence-electron chi connectivity index (χ0n) is 11.8. The van der Waals surface area contributed by atoms with Gasteiger partial charge >= 0.3 is 0 Å². The Kier molecular flexibility index (Phi) is 7.24. The van der Waals surface area contributed by atoms with Gasteiger partial charge in [-0.05, 0) is 24.5 Å². The Balaban J connectivity index is 0.00000220. The smallest absolute Gasteiger partial charge is 0.238 e. The van der Waals surface area contributed by atoms with Crippen molar-refractivity contribution in [3.8, 4) is 0 Å². The molecule has 1 aliphatic heterocycles. The van der Waals surface area contributed by atoms with Crippen LogP contribution >= 0.6 is 35.6 Å². The largest absolute Gasteiger partial charge is 0.327 e. The molecule has 1 fully saturated rings. The Bertz CT molecular complexity index is 478. The highest BCUT2D eigenvalue weighted by atomic mass is 35.5. The monoisotopic (exact) mass is 351 g/mol. The van der Waals surface area contributed by atoms with Crippen LogP contribution in [0, 0.1) is 5.92 Å². The van der Waals surface area contributed by atoms with Crippen molar-refractivity contribution in [1.29, 1.82) is 0 Å². The number of para-hydroxylation sites is 1. The molecule has 118 valence electrons. The minimum Gasteiger partial charge on any atom is -0.327 e. The number of rotatable bonds is 3. The molecule has 0 spiro atoms. The second-order valence-electron chi connectivity index (χ2n) is 5.31. The van der Waals surface area contributed by atoms with Gasteiger partial charge in [-0.1, -0.05) is 36.2 Å². The normalized spacial score (nSPS) is 22.5. The van der Waals surface area contributed by atoms with Crippen molar-refractivity contribution in [2.75, 3.05) is 25.0 Å². The molecular formula is C14H20Cl3N3O. The molecule has 2 rings (SSSR count). The number of anilines is 1. The third-order valence-electron chi connectivity index (χ3n) is 3.65. The summed E-state index contributed by atoms with van der Waals surface area (Å²) in [5.74, 6) is 0.295. The molecule has 2 atom stereocenters. The summed E-state index contributed by atoms with van der Waals surface area (Å²) in [4.78, 5) is 14.2. The van der Waals surface area contributed by atoms with E-state index in [-0.39, 0.29) is 24.4 Å². The maximum Gasteiger partial charge on any atom is 0.238 e. The zero-order chi connectivity index (χ0) is 14.7. The average Bonchev–Trinajstić information content (AvgIpc) is 2.38. The second kappa shape index (κ2) is 8.20. The summed E-state index contributed by atoms with van der Waals surface area (Å²) in [5, 5.41) is 3.66. The molecule has 1 saturated heterocycles. The fourth-order valence-electron chi connectivity index (χ4n) is 2.39. The number of benzene rings is 1. The molecule has 1 aromatic carbocycles.